The quantitative estimate of drug-likeness (QED) is 0.653. The second-order valence-corrected chi connectivity index (χ2v) is 11.8. The van der Waals surface area contributed by atoms with Gasteiger partial charge in [-0.15, -0.1) is 0 Å². The van der Waals surface area contributed by atoms with Crippen LogP contribution in [0.25, 0.3) is 0 Å². The van der Waals surface area contributed by atoms with Crippen LogP contribution in [0.2, 0.25) is 0 Å². The van der Waals surface area contributed by atoms with Gasteiger partial charge in [-0.05, 0) is 56.4 Å². The first-order chi connectivity index (χ1) is 16.2. The van der Waals surface area contributed by atoms with E-state index in [2.05, 4.69) is 46.3 Å². The van der Waals surface area contributed by atoms with Crippen LogP contribution < -0.4 is 10.2 Å². The Hall–Kier alpha value is -2.42. The van der Waals surface area contributed by atoms with Crippen molar-refractivity contribution in [3.8, 4) is 0 Å². The molecule has 0 spiro atoms. The van der Waals surface area contributed by atoms with Crippen LogP contribution in [-0.2, 0) is 16.6 Å². The van der Waals surface area contributed by atoms with Crippen LogP contribution in [0.15, 0.2) is 47.4 Å². The summed E-state index contributed by atoms with van der Waals surface area (Å²) in [6.45, 7) is 6.65. The van der Waals surface area contributed by atoms with Crippen LogP contribution >= 0.6 is 0 Å². The number of aryl methyl sites for hydroxylation is 1. The van der Waals surface area contributed by atoms with E-state index in [0.29, 0.717) is 5.56 Å². The molecule has 0 unspecified atom stereocenters. The molecule has 2 aromatic rings. The molecule has 2 fully saturated rings. The third kappa shape index (κ3) is 5.62. The first-order valence-electron chi connectivity index (χ1n) is 12.1. The van der Waals surface area contributed by atoms with Crippen molar-refractivity contribution < 1.29 is 13.2 Å². The fraction of sp³-hybridized carbons (Fsp3) is 0.500. The SMILES string of the molecule is Cc1cccc(CN2CCC(NC(=O)c3cc(S(=O)(=O)N(C)C)ccc3N3CCCC3)CC2)c1. The van der Waals surface area contributed by atoms with E-state index >= 15 is 0 Å². The molecule has 184 valence electrons. The zero-order valence-corrected chi connectivity index (χ0v) is 21.3. The van der Waals surface area contributed by atoms with Gasteiger partial charge in [-0.25, -0.2) is 12.7 Å². The number of hydrogen-bond donors (Lipinski definition) is 1. The van der Waals surface area contributed by atoms with Gasteiger partial charge in [0.15, 0.2) is 0 Å². The van der Waals surface area contributed by atoms with Gasteiger partial charge in [-0.1, -0.05) is 29.8 Å². The molecule has 0 aromatic heterocycles. The van der Waals surface area contributed by atoms with Gasteiger partial charge < -0.3 is 10.2 Å². The molecule has 0 saturated carbocycles. The molecule has 4 rings (SSSR count). The van der Waals surface area contributed by atoms with Crippen LogP contribution in [0.4, 0.5) is 5.69 Å². The summed E-state index contributed by atoms with van der Waals surface area (Å²) in [7, 11) is -0.602. The number of hydrogen-bond acceptors (Lipinski definition) is 5. The summed E-state index contributed by atoms with van der Waals surface area (Å²) < 4.78 is 26.6. The van der Waals surface area contributed by atoms with Crippen molar-refractivity contribution in [2.75, 3.05) is 45.2 Å². The highest BCUT2D eigenvalue weighted by molar-refractivity contribution is 7.89. The molecule has 1 amide bonds. The monoisotopic (exact) mass is 484 g/mol. The molecule has 0 atom stereocenters. The normalized spacial score (nSPS) is 17.9. The molecule has 34 heavy (non-hydrogen) atoms. The Balaban J connectivity index is 1.45. The smallest absolute Gasteiger partial charge is 0.253 e. The lowest BCUT2D eigenvalue weighted by Gasteiger charge is -2.33. The fourth-order valence-electron chi connectivity index (χ4n) is 4.87. The summed E-state index contributed by atoms with van der Waals surface area (Å²) in [4.78, 5) is 18.2. The largest absolute Gasteiger partial charge is 0.371 e. The van der Waals surface area contributed by atoms with E-state index in [-0.39, 0.29) is 16.8 Å². The lowest BCUT2D eigenvalue weighted by atomic mass is 10.0. The zero-order valence-electron chi connectivity index (χ0n) is 20.5. The van der Waals surface area contributed by atoms with Crippen LogP contribution in [0.1, 0.15) is 47.2 Å². The third-order valence-electron chi connectivity index (χ3n) is 6.85. The van der Waals surface area contributed by atoms with Gasteiger partial charge in [0.25, 0.3) is 5.91 Å². The molecule has 0 radical (unpaired) electrons. The van der Waals surface area contributed by atoms with Crippen molar-refractivity contribution in [1.29, 1.82) is 0 Å². The predicted molar refractivity (Wildman–Crippen MR) is 136 cm³/mol. The molecule has 2 aromatic carbocycles. The molecule has 1 N–H and O–H groups in total. The predicted octanol–water partition coefficient (Wildman–Crippen LogP) is 3.24. The number of sulfonamides is 1. The fourth-order valence-corrected chi connectivity index (χ4v) is 5.80. The minimum atomic E-state index is -3.62. The van der Waals surface area contributed by atoms with Crippen molar-refractivity contribution in [1.82, 2.24) is 14.5 Å². The van der Waals surface area contributed by atoms with E-state index in [1.54, 1.807) is 18.2 Å². The van der Waals surface area contributed by atoms with E-state index in [9.17, 15) is 13.2 Å². The molecular weight excluding hydrogens is 448 g/mol. The van der Waals surface area contributed by atoms with Gasteiger partial charge in [0.05, 0.1) is 10.5 Å². The standard InChI is InChI=1S/C26H36N4O3S/c1-20-7-6-8-21(17-20)19-29-15-11-22(12-16-29)27-26(31)24-18-23(34(32,33)28(2)3)9-10-25(24)30-13-4-5-14-30/h6-10,17-18,22H,4-5,11-16,19H2,1-3H3,(H,27,31). The average Bonchev–Trinajstić information content (AvgIpc) is 3.35. The molecule has 0 aliphatic carbocycles. The van der Waals surface area contributed by atoms with Gasteiger partial charge in [0.1, 0.15) is 0 Å². The molecule has 0 bridgehead atoms. The molecule has 2 heterocycles. The summed E-state index contributed by atoms with van der Waals surface area (Å²) in [5.74, 6) is -0.185. The minimum Gasteiger partial charge on any atom is -0.371 e. The zero-order chi connectivity index (χ0) is 24.3. The van der Waals surface area contributed by atoms with Gasteiger partial charge in [0.2, 0.25) is 10.0 Å². The minimum absolute atomic E-state index is 0.0850. The van der Waals surface area contributed by atoms with Crippen LogP contribution in [0, 0.1) is 6.92 Å². The highest BCUT2D eigenvalue weighted by atomic mass is 32.2. The van der Waals surface area contributed by atoms with E-state index < -0.39 is 10.0 Å². The van der Waals surface area contributed by atoms with Crippen molar-refractivity contribution in [2.24, 2.45) is 0 Å². The average molecular weight is 485 g/mol. The van der Waals surface area contributed by atoms with Crippen molar-refractivity contribution >= 4 is 21.6 Å². The van der Waals surface area contributed by atoms with Gasteiger partial charge in [-0.3, -0.25) is 9.69 Å². The van der Waals surface area contributed by atoms with Gasteiger partial charge in [-0.2, -0.15) is 0 Å². The maximum absolute atomic E-state index is 13.4. The van der Waals surface area contributed by atoms with Gasteiger partial charge >= 0.3 is 0 Å². The Morgan fingerprint density at radius 3 is 2.38 bits per heavy atom. The Kier molecular flexibility index (Phi) is 7.60. The van der Waals surface area contributed by atoms with E-state index in [4.69, 9.17) is 0 Å². The molecule has 2 saturated heterocycles. The highest BCUT2D eigenvalue weighted by Gasteiger charge is 2.27. The molecule has 2 aliphatic rings. The number of benzene rings is 2. The third-order valence-corrected chi connectivity index (χ3v) is 8.66. The number of nitrogens with one attached hydrogen (secondary N) is 1. The van der Waals surface area contributed by atoms with Crippen LogP contribution in [0.5, 0.6) is 0 Å². The number of piperidine rings is 1. The van der Waals surface area contributed by atoms with E-state index in [0.717, 1.165) is 64.1 Å². The maximum atomic E-state index is 13.4. The second-order valence-electron chi connectivity index (χ2n) is 9.67. The molecule has 8 heteroatoms. The van der Waals surface area contributed by atoms with Crippen LogP contribution in [-0.4, -0.2) is 69.8 Å². The van der Waals surface area contributed by atoms with Crippen molar-refractivity contribution in [2.45, 2.75) is 50.1 Å². The number of likely N-dealkylation sites (tertiary alicyclic amines) is 1. The molecular formula is C26H36N4O3S. The Morgan fingerprint density at radius 1 is 1.03 bits per heavy atom. The maximum Gasteiger partial charge on any atom is 0.253 e. The Labute approximate surface area is 203 Å². The number of nitrogens with zero attached hydrogens (tertiary/aromatic N) is 3. The summed E-state index contributed by atoms with van der Waals surface area (Å²) >= 11 is 0. The number of amides is 1. The molecule has 7 nitrogen and oxygen atoms in total. The number of anilines is 1. The highest BCUT2D eigenvalue weighted by Crippen LogP contribution is 2.28. The van der Waals surface area contributed by atoms with Crippen molar-refractivity contribution in [3.05, 3.63) is 59.2 Å². The summed E-state index contributed by atoms with van der Waals surface area (Å²) in [5.41, 5.74) is 3.86. The summed E-state index contributed by atoms with van der Waals surface area (Å²) in [6.07, 6.45) is 3.93. The summed E-state index contributed by atoms with van der Waals surface area (Å²) in [6, 6.07) is 13.6. The Morgan fingerprint density at radius 2 is 1.74 bits per heavy atom. The topological polar surface area (TPSA) is 73.0 Å². The summed E-state index contributed by atoms with van der Waals surface area (Å²) in [5, 5.41) is 3.20. The first-order valence-corrected chi connectivity index (χ1v) is 13.6. The lowest BCUT2D eigenvalue weighted by molar-refractivity contribution is 0.0909. The number of carbonyl (C=O) groups is 1. The number of rotatable bonds is 7. The van der Waals surface area contributed by atoms with Crippen LogP contribution in [0.3, 0.4) is 0 Å². The van der Waals surface area contributed by atoms with Crippen molar-refractivity contribution in [3.63, 3.8) is 0 Å². The first kappa shape index (κ1) is 24.7. The number of carbonyl (C=O) groups excluding carboxylic acids is 1. The van der Waals surface area contributed by atoms with Gasteiger partial charge in [0, 0.05) is 58.5 Å². The Bertz CT molecular complexity index is 1120. The van der Waals surface area contributed by atoms with E-state index in [1.165, 1.54) is 29.5 Å². The molecule has 2 aliphatic heterocycles. The van der Waals surface area contributed by atoms with E-state index in [1.807, 2.05) is 0 Å². The second kappa shape index (κ2) is 10.5. The lowest BCUT2D eigenvalue weighted by Crippen LogP contribution is -2.44.